The molecule has 1 amide bonds. The van der Waals surface area contributed by atoms with Crippen molar-refractivity contribution in [2.75, 3.05) is 13.1 Å². The second kappa shape index (κ2) is 6.53. The Morgan fingerprint density at radius 3 is 2.91 bits per heavy atom. The molecule has 1 fully saturated rings. The van der Waals surface area contributed by atoms with Gasteiger partial charge in [-0.1, -0.05) is 13.8 Å². The van der Waals surface area contributed by atoms with E-state index >= 15 is 0 Å². The van der Waals surface area contributed by atoms with Crippen LogP contribution in [0.1, 0.15) is 45.3 Å². The minimum Gasteiger partial charge on any atom is -0.350 e. The predicted molar refractivity (Wildman–Crippen MR) is 85.1 cm³/mol. The van der Waals surface area contributed by atoms with Gasteiger partial charge in [0, 0.05) is 26.1 Å². The first-order valence-corrected chi connectivity index (χ1v) is 8.05. The number of nitriles is 1. The summed E-state index contributed by atoms with van der Waals surface area (Å²) >= 11 is 0. The third kappa shape index (κ3) is 3.33. The number of amides is 1. The second-order valence-electron chi connectivity index (χ2n) is 6.84. The highest BCUT2D eigenvalue weighted by molar-refractivity contribution is 5.78. The summed E-state index contributed by atoms with van der Waals surface area (Å²) in [5, 5.41) is 12.3. The van der Waals surface area contributed by atoms with Crippen molar-refractivity contribution in [2.24, 2.45) is 13.0 Å². The molecule has 3 atom stereocenters. The lowest BCUT2D eigenvalue weighted by atomic mass is 9.90. The first kappa shape index (κ1) is 16.6. The molecule has 1 aromatic rings. The fourth-order valence-electron chi connectivity index (χ4n) is 3.16. The Balaban J connectivity index is 2.02. The summed E-state index contributed by atoms with van der Waals surface area (Å²) in [7, 11) is 2.05. The van der Waals surface area contributed by atoms with Crippen LogP contribution in [-0.2, 0) is 11.8 Å². The molecule has 1 saturated heterocycles. The van der Waals surface area contributed by atoms with Crippen LogP contribution in [0.5, 0.6) is 0 Å². The molecule has 5 nitrogen and oxygen atoms in total. The van der Waals surface area contributed by atoms with Crippen LogP contribution in [-0.4, -0.2) is 29.1 Å². The van der Waals surface area contributed by atoms with Crippen LogP contribution < -0.4 is 10.2 Å². The fourth-order valence-corrected chi connectivity index (χ4v) is 3.16. The molecule has 0 spiro atoms. The van der Waals surface area contributed by atoms with Crippen LogP contribution in [0.2, 0.25) is 0 Å². The van der Waals surface area contributed by atoms with Crippen molar-refractivity contribution < 1.29 is 9.69 Å². The first-order chi connectivity index (χ1) is 10.4. The van der Waals surface area contributed by atoms with E-state index in [0.717, 1.165) is 19.4 Å². The van der Waals surface area contributed by atoms with Crippen molar-refractivity contribution in [1.29, 1.82) is 5.26 Å². The summed E-state index contributed by atoms with van der Waals surface area (Å²) < 4.78 is 2.14. The minimum absolute atomic E-state index is 0.0335. The molecule has 0 bridgehead atoms. The quantitative estimate of drug-likeness (QED) is 0.845. The number of nitrogens with one attached hydrogen (secondary N) is 2. The molecular weight excluding hydrogens is 276 g/mol. The summed E-state index contributed by atoms with van der Waals surface area (Å²) in [6.45, 7) is 7.15. The highest BCUT2D eigenvalue weighted by Crippen LogP contribution is 2.19. The Morgan fingerprint density at radius 2 is 2.36 bits per heavy atom. The molecule has 0 aliphatic carbocycles. The smallest absolute Gasteiger partial charge is 0.276 e. The molecule has 0 aromatic carbocycles. The van der Waals surface area contributed by atoms with Crippen LogP contribution in [0.25, 0.3) is 0 Å². The van der Waals surface area contributed by atoms with Crippen LogP contribution in [0.4, 0.5) is 0 Å². The number of aromatic nitrogens is 1. The Labute approximate surface area is 132 Å². The maximum Gasteiger partial charge on any atom is 0.276 e. The first-order valence-electron chi connectivity index (χ1n) is 8.05. The van der Waals surface area contributed by atoms with Crippen LogP contribution in [0.15, 0.2) is 18.3 Å². The maximum atomic E-state index is 12.4. The van der Waals surface area contributed by atoms with Gasteiger partial charge < -0.3 is 14.8 Å². The SMILES string of the molecule is CC(C)[C@@](C)(C#N)NC(=O)C[NH+]1CCC[C@@H]1c1cccn1C. The Kier molecular flexibility index (Phi) is 4.92. The van der Waals surface area contributed by atoms with Gasteiger partial charge >= 0.3 is 0 Å². The molecule has 1 aliphatic rings. The zero-order chi connectivity index (χ0) is 16.3. The van der Waals surface area contributed by atoms with Crippen LogP contribution in [0, 0.1) is 17.2 Å². The zero-order valence-electron chi connectivity index (χ0n) is 14.0. The second-order valence-corrected chi connectivity index (χ2v) is 6.84. The van der Waals surface area contributed by atoms with E-state index in [1.165, 1.54) is 10.6 Å². The number of aryl methyl sites for hydroxylation is 1. The van der Waals surface area contributed by atoms with Gasteiger partial charge in [-0.05, 0) is 25.0 Å². The molecule has 5 heteroatoms. The van der Waals surface area contributed by atoms with Crippen molar-refractivity contribution in [3.05, 3.63) is 24.0 Å². The number of carbonyl (C=O) groups is 1. The van der Waals surface area contributed by atoms with Gasteiger partial charge in [0.05, 0.1) is 18.3 Å². The van der Waals surface area contributed by atoms with Crippen molar-refractivity contribution in [1.82, 2.24) is 9.88 Å². The number of quaternary nitrogens is 1. The van der Waals surface area contributed by atoms with Gasteiger partial charge in [-0.25, -0.2) is 0 Å². The zero-order valence-corrected chi connectivity index (χ0v) is 14.0. The standard InChI is InChI=1S/C17H26N4O/c1-13(2)17(3,12-18)19-16(22)11-21-10-6-8-15(21)14-7-5-9-20(14)4/h5,7,9,13,15H,6,8,10-11H2,1-4H3,(H,19,22)/p+1/t15-,17-/m1/s1. The van der Waals surface area contributed by atoms with Gasteiger partial charge in [0.25, 0.3) is 5.91 Å². The highest BCUT2D eigenvalue weighted by Gasteiger charge is 2.35. The van der Waals surface area contributed by atoms with Gasteiger partial charge in [0.15, 0.2) is 6.54 Å². The molecule has 120 valence electrons. The van der Waals surface area contributed by atoms with Crippen molar-refractivity contribution >= 4 is 5.91 Å². The lowest BCUT2D eigenvalue weighted by Gasteiger charge is -2.28. The third-order valence-electron chi connectivity index (χ3n) is 5.00. The van der Waals surface area contributed by atoms with Crippen molar-refractivity contribution in [3.63, 3.8) is 0 Å². The van der Waals surface area contributed by atoms with E-state index in [-0.39, 0.29) is 11.8 Å². The summed E-state index contributed by atoms with van der Waals surface area (Å²) in [5.74, 6) is 0.0487. The molecule has 2 rings (SSSR count). The number of rotatable bonds is 5. The maximum absolute atomic E-state index is 12.4. The van der Waals surface area contributed by atoms with E-state index in [9.17, 15) is 10.1 Å². The Morgan fingerprint density at radius 1 is 1.64 bits per heavy atom. The number of likely N-dealkylation sites (tertiary alicyclic amines) is 1. The largest absolute Gasteiger partial charge is 0.350 e. The lowest BCUT2D eigenvalue weighted by Crippen LogP contribution is -3.11. The summed E-state index contributed by atoms with van der Waals surface area (Å²) in [6.07, 6.45) is 4.30. The number of nitrogens with zero attached hydrogens (tertiary/aromatic N) is 2. The van der Waals surface area contributed by atoms with Gasteiger partial charge in [0.1, 0.15) is 11.6 Å². The average molecular weight is 303 g/mol. The van der Waals surface area contributed by atoms with E-state index < -0.39 is 5.54 Å². The number of hydrogen-bond acceptors (Lipinski definition) is 2. The van der Waals surface area contributed by atoms with E-state index in [1.807, 2.05) is 13.8 Å². The number of carbonyl (C=O) groups excluding carboxylic acids is 1. The van der Waals surface area contributed by atoms with E-state index in [4.69, 9.17) is 0 Å². The molecule has 0 radical (unpaired) electrons. The van der Waals surface area contributed by atoms with E-state index in [2.05, 4.69) is 41.3 Å². The molecule has 1 aliphatic heterocycles. The van der Waals surface area contributed by atoms with Crippen LogP contribution >= 0.6 is 0 Å². The van der Waals surface area contributed by atoms with Gasteiger partial charge in [-0.3, -0.25) is 4.79 Å². The summed E-state index contributed by atoms with van der Waals surface area (Å²) in [5.41, 5.74) is 0.490. The Hall–Kier alpha value is -1.80. The molecular formula is C17H27N4O+. The van der Waals surface area contributed by atoms with Gasteiger partial charge in [0.2, 0.25) is 0 Å². The van der Waals surface area contributed by atoms with Gasteiger partial charge in [-0.2, -0.15) is 5.26 Å². The minimum atomic E-state index is -0.795. The lowest BCUT2D eigenvalue weighted by molar-refractivity contribution is -0.911. The molecule has 1 aromatic heterocycles. The number of hydrogen-bond donors (Lipinski definition) is 2. The van der Waals surface area contributed by atoms with E-state index in [1.54, 1.807) is 6.92 Å². The summed E-state index contributed by atoms with van der Waals surface area (Å²) in [4.78, 5) is 13.7. The molecule has 22 heavy (non-hydrogen) atoms. The highest BCUT2D eigenvalue weighted by atomic mass is 16.2. The molecule has 2 N–H and O–H groups in total. The Bertz CT molecular complexity index is 571. The molecule has 1 unspecified atom stereocenters. The molecule has 2 heterocycles. The topological polar surface area (TPSA) is 62.3 Å². The van der Waals surface area contributed by atoms with E-state index in [0.29, 0.717) is 12.6 Å². The van der Waals surface area contributed by atoms with Crippen LogP contribution in [0.3, 0.4) is 0 Å². The summed E-state index contributed by atoms with van der Waals surface area (Å²) in [6, 6.07) is 6.80. The third-order valence-corrected chi connectivity index (χ3v) is 5.00. The monoisotopic (exact) mass is 303 g/mol. The fraction of sp³-hybridized carbons (Fsp3) is 0.647. The molecule has 0 saturated carbocycles. The predicted octanol–water partition coefficient (Wildman–Crippen LogP) is 0.799. The van der Waals surface area contributed by atoms with Crippen molar-refractivity contribution in [3.8, 4) is 6.07 Å². The normalized spacial score (nSPS) is 24.0. The van der Waals surface area contributed by atoms with Crippen molar-refractivity contribution in [2.45, 2.75) is 45.2 Å². The van der Waals surface area contributed by atoms with Gasteiger partial charge in [-0.15, -0.1) is 0 Å². The average Bonchev–Trinajstić information content (AvgIpc) is 3.06.